The Morgan fingerprint density at radius 3 is 1.91 bits per heavy atom. The van der Waals surface area contributed by atoms with Crippen LogP contribution in [0.15, 0.2) is 0 Å². The molecule has 7 heteroatoms. The van der Waals surface area contributed by atoms with Crippen LogP contribution in [0.2, 0.25) is 0 Å². The minimum Gasteiger partial charge on any atom is -0.444 e. The number of hydrogen-bond donors (Lipinski definition) is 0. The van der Waals surface area contributed by atoms with E-state index in [2.05, 4.69) is 0 Å². The minimum atomic E-state index is -1.61. The van der Waals surface area contributed by atoms with Gasteiger partial charge in [0, 0.05) is 18.5 Å². The maximum atomic E-state index is 13.2. The summed E-state index contributed by atoms with van der Waals surface area (Å²) in [5.74, 6) is -2.34. The summed E-state index contributed by atoms with van der Waals surface area (Å²) in [7, 11) is 0. The number of nitrogens with zero attached hydrogens (tertiary/aromatic N) is 1. The molecule has 22 heavy (non-hydrogen) atoms. The highest BCUT2D eigenvalue weighted by atomic mass is 19.1. The van der Waals surface area contributed by atoms with Crippen LogP contribution >= 0.6 is 0 Å². The number of carbonyl (C=O) groups excluding carboxylic acids is 3. The van der Waals surface area contributed by atoms with Gasteiger partial charge >= 0.3 is 18.2 Å². The highest BCUT2D eigenvalue weighted by Crippen LogP contribution is 2.46. The zero-order valence-electron chi connectivity index (χ0n) is 13.6. The molecular weight excluding hydrogens is 296 g/mol. The fraction of sp³-hybridized carbons (Fsp3) is 0.800. The SMILES string of the molecule is CC(C(=O)F)C1(C(C)C(=O)F)CCN(C(=O)OC(C)(C)C)C1. The quantitative estimate of drug-likeness (QED) is 0.748. The van der Waals surface area contributed by atoms with Crippen LogP contribution in [0.4, 0.5) is 13.6 Å². The van der Waals surface area contributed by atoms with Crippen molar-refractivity contribution in [3.8, 4) is 0 Å². The van der Waals surface area contributed by atoms with E-state index in [0.29, 0.717) is 0 Å². The summed E-state index contributed by atoms with van der Waals surface area (Å²) >= 11 is 0. The number of amides is 1. The van der Waals surface area contributed by atoms with Gasteiger partial charge in [0.2, 0.25) is 0 Å². The predicted octanol–water partition coefficient (Wildman–Crippen LogP) is 2.88. The predicted molar refractivity (Wildman–Crippen MR) is 75.4 cm³/mol. The van der Waals surface area contributed by atoms with Crippen molar-refractivity contribution in [3.05, 3.63) is 0 Å². The third-order valence-electron chi connectivity index (χ3n) is 4.39. The second-order valence-electron chi connectivity index (χ2n) is 6.94. The van der Waals surface area contributed by atoms with E-state index in [0.717, 1.165) is 0 Å². The van der Waals surface area contributed by atoms with Gasteiger partial charge in [-0.25, -0.2) is 4.79 Å². The zero-order valence-corrected chi connectivity index (χ0v) is 13.6. The van der Waals surface area contributed by atoms with Crippen LogP contribution in [-0.2, 0) is 14.3 Å². The lowest BCUT2D eigenvalue weighted by molar-refractivity contribution is -0.145. The van der Waals surface area contributed by atoms with Gasteiger partial charge in [-0.05, 0) is 27.2 Å². The topological polar surface area (TPSA) is 63.7 Å². The van der Waals surface area contributed by atoms with Gasteiger partial charge in [-0.1, -0.05) is 13.8 Å². The standard InChI is InChI=1S/C15H23F2NO4/c1-9(11(16)19)15(10(2)12(17)20)6-7-18(8-15)13(21)22-14(3,4)5/h9-10H,6-8H2,1-5H3. The van der Waals surface area contributed by atoms with Crippen molar-refractivity contribution >= 4 is 18.2 Å². The third kappa shape index (κ3) is 3.81. The largest absolute Gasteiger partial charge is 0.444 e. The van der Waals surface area contributed by atoms with E-state index >= 15 is 0 Å². The van der Waals surface area contributed by atoms with Crippen molar-refractivity contribution < 1.29 is 27.9 Å². The van der Waals surface area contributed by atoms with E-state index in [1.807, 2.05) is 0 Å². The Morgan fingerprint density at radius 2 is 1.55 bits per heavy atom. The van der Waals surface area contributed by atoms with Crippen molar-refractivity contribution in [2.45, 2.75) is 46.6 Å². The molecule has 5 nitrogen and oxygen atoms in total. The Hall–Kier alpha value is -1.53. The fourth-order valence-corrected chi connectivity index (χ4v) is 2.87. The monoisotopic (exact) mass is 319 g/mol. The molecule has 2 atom stereocenters. The van der Waals surface area contributed by atoms with Crippen molar-refractivity contribution in [1.29, 1.82) is 0 Å². The Labute approximate surface area is 129 Å². The first-order valence-corrected chi connectivity index (χ1v) is 7.27. The summed E-state index contributed by atoms with van der Waals surface area (Å²) < 4.78 is 31.6. The second-order valence-corrected chi connectivity index (χ2v) is 6.94. The van der Waals surface area contributed by atoms with E-state index in [4.69, 9.17) is 4.74 Å². The van der Waals surface area contributed by atoms with Gasteiger partial charge in [0.1, 0.15) is 5.60 Å². The van der Waals surface area contributed by atoms with Gasteiger partial charge in [-0.2, -0.15) is 8.78 Å². The van der Waals surface area contributed by atoms with Gasteiger partial charge in [-0.15, -0.1) is 0 Å². The highest BCUT2D eigenvalue weighted by molar-refractivity contribution is 5.77. The molecule has 0 N–H and O–H groups in total. The lowest BCUT2D eigenvalue weighted by Gasteiger charge is -2.36. The van der Waals surface area contributed by atoms with Crippen LogP contribution in [-0.4, -0.2) is 41.8 Å². The Morgan fingerprint density at radius 1 is 1.09 bits per heavy atom. The number of halogens is 2. The molecule has 1 heterocycles. The first kappa shape index (κ1) is 18.5. The van der Waals surface area contributed by atoms with E-state index < -0.39 is 41.0 Å². The average Bonchev–Trinajstić information content (AvgIpc) is 2.80. The third-order valence-corrected chi connectivity index (χ3v) is 4.39. The van der Waals surface area contributed by atoms with Crippen LogP contribution < -0.4 is 0 Å². The summed E-state index contributed by atoms with van der Waals surface area (Å²) in [6.07, 6.45) is -0.453. The molecule has 0 aliphatic carbocycles. The number of carbonyl (C=O) groups is 3. The Bertz CT molecular complexity index is 453. The van der Waals surface area contributed by atoms with E-state index in [1.54, 1.807) is 20.8 Å². The molecule has 0 radical (unpaired) electrons. The van der Waals surface area contributed by atoms with E-state index in [-0.39, 0.29) is 19.5 Å². The van der Waals surface area contributed by atoms with E-state index in [1.165, 1.54) is 18.7 Å². The maximum absolute atomic E-state index is 13.2. The molecule has 0 aromatic heterocycles. The summed E-state index contributed by atoms with van der Waals surface area (Å²) in [5, 5.41) is 0. The fourth-order valence-electron chi connectivity index (χ4n) is 2.87. The summed E-state index contributed by atoms with van der Waals surface area (Å²) in [4.78, 5) is 35.6. The van der Waals surface area contributed by atoms with Gasteiger partial charge in [0.25, 0.3) is 0 Å². The summed E-state index contributed by atoms with van der Waals surface area (Å²) in [5.41, 5.74) is -1.94. The lowest BCUT2D eigenvalue weighted by atomic mass is 9.67. The lowest BCUT2D eigenvalue weighted by Crippen LogP contribution is -2.45. The molecule has 1 saturated heterocycles. The van der Waals surface area contributed by atoms with Crippen molar-refractivity contribution in [3.63, 3.8) is 0 Å². The number of hydrogen-bond acceptors (Lipinski definition) is 4. The second kappa shape index (κ2) is 6.30. The molecule has 1 amide bonds. The Balaban J connectivity index is 3.01. The van der Waals surface area contributed by atoms with Crippen LogP contribution in [0, 0.1) is 17.3 Å². The smallest absolute Gasteiger partial charge is 0.410 e. The number of ether oxygens (including phenoxy) is 1. The zero-order chi connectivity index (χ0) is 17.3. The van der Waals surface area contributed by atoms with Crippen molar-refractivity contribution in [2.24, 2.45) is 17.3 Å². The molecule has 0 aromatic carbocycles. The molecule has 1 rings (SSSR count). The highest BCUT2D eigenvalue weighted by Gasteiger charge is 2.53. The maximum Gasteiger partial charge on any atom is 0.410 e. The van der Waals surface area contributed by atoms with Crippen LogP contribution in [0.1, 0.15) is 41.0 Å². The van der Waals surface area contributed by atoms with Gasteiger partial charge in [-0.3, -0.25) is 9.59 Å². The van der Waals surface area contributed by atoms with Gasteiger partial charge in [0.15, 0.2) is 0 Å². The molecule has 0 spiro atoms. The first-order valence-electron chi connectivity index (χ1n) is 7.27. The number of likely N-dealkylation sites (tertiary alicyclic amines) is 1. The van der Waals surface area contributed by atoms with Crippen LogP contribution in [0.3, 0.4) is 0 Å². The molecule has 2 unspecified atom stereocenters. The molecule has 1 fully saturated rings. The molecule has 1 aliphatic rings. The molecule has 1 aliphatic heterocycles. The first-order chi connectivity index (χ1) is 9.90. The summed E-state index contributed by atoms with van der Waals surface area (Å²) in [6, 6.07) is -3.22. The normalized spacial score (nSPS) is 24.8. The Kier molecular flexibility index (Phi) is 5.30. The van der Waals surface area contributed by atoms with Crippen LogP contribution in [0.5, 0.6) is 0 Å². The molecular formula is C15H23F2NO4. The van der Waals surface area contributed by atoms with Crippen LogP contribution in [0.25, 0.3) is 0 Å². The molecule has 0 saturated carbocycles. The summed E-state index contributed by atoms with van der Waals surface area (Å²) in [6.45, 7) is 7.85. The van der Waals surface area contributed by atoms with Crippen molar-refractivity contribution in [2.75, 3.05) is 13.1 Å². The molecule has 0 aromatic rings. The van der Waals surface area contributed by atoms with Gasteiger partial charge < -0.3 is 9.64 Å². The molecule has 0 bridgehead atoms. The van der Waals surface area contributed by atoms with Gasteiger partial charge in [0.05, 0.1) is 11.8 Å². The van der Waals surface area contributed by atoms with E-state index in [9.17, 15) is 23.2 Å². The minimum absolute atomic E-state index is 0.0877. The average molecular weight is 319 g/mol. The number of rotatable bonds is 4. The molecule has 126 valence electrons. The van der Waals surface area contributed by atoms with Crippen molar-refractivity contribution in [1.82, 2.24) is 4.90 Å².